The van der Waals surface area contributed by atoms with Gasteiger partial charge >= 0.3 is 0 Å². The van der Waals surface area contributed by atoms with Crippen LogP contribution in [-0.2, 0) is 20.0 Å². The lowest BCUT2D eigenvalue weighted by Gasteiger charge is -2.24. The molecule has 0 aromatic heterocycles. The van der Waals surface area contributed by atoms with Gasteiger partial charge in [-0.2, -0.15) is 3.71 Å². The van der Waals surface area contributed by atoms with E-state index in [2.05, 4.69) is 0 Å². The molecular formula is C20H18ClNO4S2. The molecule has 0 N–H and O–H groups in total. The first-order valence-corrected chi connectivity index (χ1v) is 11.6. The van der Waals surface area contributed by atoms with Gasteiger partial charge < -0.3 is 0 Å². The van der Waals surface area contributed by atoms with Gasteiger partial charge in [0.2, 0.25) is 0 Å². The van der Waals surface area contributed by atoms with Gasteiger partial charge in [-0.05, 0) is 62.4 Å². The molecule has 0 fully saturated rings. The summed E-state index contributed by atoms with van der Waals surface area (Å²) in [7, 11) is -8.79. The Bertz CT molecular complexity index is 1110. The van der Waals surface area contributed by atoms with Crippen LogP contribution in [0.5, 0.6) is 0 Å². The largest absolute Gasteiger partial charge is 0.277 e. The van der Waals surface area contributed by atoms with Crippen molar-refractivity contribution < 1.29 is 16.8 Å². The van der Waals surface area contributed by atoms with Gasteiger partial charge in [-0.25, -0.2) is 16.8 Å². The van der Waals surface area contributed by atoms with Crippen molar-refractivity contribution >= 4 is 37.3 Å². The molecule has 0 bridgehead atoms. The normalized spacial score (nSPS) is 12.0. The van der Waals surface area contributed by atoms with Crippen molar-refractivity contribution in [3.8, 4) is 0 Å². The SMILES string of the molecule is Cc1ccc(S(=O)(=O)N(c2ccc(Cl)cc2)S(=O)(=O)c2ccc(C)cc2)cc1. The van der Waals surface area contributed by atoms with Crippen LogP contribution in [0.25, 0.3) is 0 Å². The Hall–Kier alpha value is -2.35. The smallest absolute Gasteiger partial charge is 0.200 e. The van der Waals surface area contributed by atoms with E-state index in [0.717, 1.165) is 11.1 Å². The second kappa shape index (κ2) is 7.58. The van der Waals surface area contributed by atoms with Gasteiger partial charge in [-0.15, -0.1) is 0 Å². The highest BCUT2D eigenvalue weighted by atomic mass is 35.5. The minimum atomic E-state index is -4.40. The first-order chi connectivity index (χ1) is 13.1. The number of benzene rings is 3. The molecule has 0 atom stereocenters. The first kappa shape index (κ1) is 20.4. The van der Waals surface area contributed by atoms with E-state index in [1.807, 2.05) is 13.8 Å². The van der Waals surface area contributed by atoms with Crippen LogP contribution in [0.1, 0.15) is 11.1 Å². The molecule has 0 heterocycles. The Kier molecular flexibility index (Phi) is 5.52. The van der Waals surface area contributed by atoms with Gasteiger partial charge in [-0.1, -0.05) is 47.0 Å². The maximum Gasteiger partial charge on any atom is 0.277 e. The highest BCUT2D eigenvalue weighted by Gasteiger charge is 2.36. The summed E-state index contributed by atoms with van der Waals surface area (Å²) in [5.74, 6) is 0. The topological polar surface area (TPSA) is 71.5 Å². The van der Waals surface area contributed by atoms with Gasteiger partial charge in [0.15, 0.2) is 0 Å². The van der Waals surface area contributed by atoms with E-state index < -0.39 is 20.0 Å². The maximum absolute atomic E-state index is 13.3. The van der Waals surface area contributed by atoms with Crippen LogP contribution in [0.4, 0.5) is 5.69 Å². The summed E-state index contributed by atoms with van der Waals surface area (Å²) in [6.45, 7) is 3.63. The summed E-state index contributed by atoms with van der Waals surface area (Å²) >= 11 is 5.90. The number of hydrogen-bond acceptors (Lipinski definition) is 4. The Morgan fingerprint density at radius 1 is 0.607 bits per heavy atom. The summed E-state index contributed by atoms with van der Waals surface area (Å²) in [5.41, 5.74) is 1.70. The fraction of sp³-hybridized carbons (Fsp3) is 0.100. The highest BCUT2D eigenvalue weighted by molar-refractivity contribution is 8.10. The number of hydrogen-bond donors (Lipinski definition) is 0. The third-order valence-electron chi connectivity index (χ3n) is 4.11. The van der Waals surface area contributed by atoms with Crippen molar-refractivity contribution in [1.29, 1.82) is 0 Å². The highest BCUT2D eigenvalue weighted by Crippen LogP contribution is 2.31. The molecule has 0 spiro atoms. The van der Waals surface area contributed by atoms with Gasteiger partial charge in [0.05, 0.1) is 15.5 Å². The average Bonchev–Trinajstić information content (AvgIpc) is 2.64. The maximum atomic E-state index is 13.3. The van der Waals surface area contributed by atoms with Crippen molar-refractivity contribution in [2.24, 2.45) is 0 Å². The predicted molar refractivity (Wildman–Crippen MR) is 111 cm³/mol. The van der Waals surface area contributed by atoms with Crippen molar-refractivity contribution in [2.75, 3.05) is 3.71 Å². The number of rotatable bonds is 5. The molecule has 3 aromatic rings. The monoisotopic (exact) mass is 435 g/mol. The molecule has 8 heteroatoms. The number of halogens is 1. The van der Waals surface area contributed by atoms with Gasteiger partial charge in [-0.3, -0.25) is 0 Å². The Morgan fingerprint density at radius 2 is 0.964 bits per heavy atom. The second-order valence-corrected chi connectivity index (χ2v) is 10.6. The van der Waals surface area contributed by atoms with E-state index >= 15 is 0 Å². The molecular weight excluding hydrogens is 418 g/mol. The minimum Gasteiger partial charge on any atom is -0.200 e. The lowest BCUT2D eigenvalue weighted by atomic mass is 10.2. The van der Waals surface area contributed by atoms with E-state index in [1.165, 1.54) is 48.5 Å². The van der Waals surface area contributed by atoms with Crippen LogP contribution >= 0.6 is 11.6 Å². The quantitative estimate of drug-likeness (QED) is 0.589. The fourth-order valence-electron chi connectivity index (χ4n) is 2.58. The molecule has 3 rings (SSSR count). The molecule has 0 radical (unpaired) electrons. The standard InChI is InChI=1S/C20H18ClNO4S2/c1-15-3-11-19(12-4-15)27(23,24)22(18-9-7-17(21)8-10-18)28(25,26)20-13-5-16(2)6-14-20/h3-14H,1-2H3. The number of aryl methyl sites for hydroxylation is 2. The Labute approximate surface area is 170 Å². The molecule has 3 aromatic carbocycles. The summed E-state index contributed by atoms with van der Waals surface area (Å²) < 4.78 is 53.8. The zero-order valence-electron chi connectivity index (χ0n) is 15.2. The summed E-state index contributed by atoms with van der Waals surface area (Å²) in [4.78, 5) is -0.243. The fourth-order valence-corrected chi connectivity index (χ4v) is 6.40. The van der Waals surface area contributed by atoms with Crippen LogP contribution in [0.3, 0.4) is 0 Å². The zero-order chi connectivity index (χ0) is 20.5. The summed E-state index contributed by atoms with van der Waals surface area (Å²) in [6.07, 6.45) is 0. The average molecular weight is 436 g/mol. The molecule has 0 saturated heterocycles. The van der Waals surface area contributed by atoms with Crippen LogP contribution in [0, 0.1) is 13.8 Å². The molecule has 28 heavy (non-hydrogen) atoms. The van der Waals surface area contributed by atoms with Gasteiger partial charge in [0, 0.05) is 5.02 Å². The zero-order valence-corrected chi connectivity index (χ0v) is 17.6. The number of anilines is 1. The van der Waals surface area contributed by atoms with Crippen molar-refractivity contribution in [2.45, 2.75) is 23.6 Å². The van der Waals surface area contributed by atoms with Crippen LogP contribution < -0.4 is 3.71 Å². The summed E-state index contributed by atoms with van der Waals surface area (Å²) in [6, 6.07) is 17.6. The molecule has 5 nitrogen and oxygen atoms in total. The molecule has 0 saturated carbocycles. The van der Waals surface area contributed by atoms with Crippen molar-refractivity contribution in [3.05, 3.63) is 88.9 Å². The van der Waals surface area contributed by atoms with E-state index in [9.17, 15) is 16.8 Å². The Morgan fingerprint density at radius 3 is 1.32 bits per heavy atom. The van der Waals surface area contributed by atoms with E-state index in [-0.39, 0.29) is 15.5 Å². The van der Waals surface area contributed by atoms with E-state index in [0.29, 0.717) is 8.73 Å². The Balaban J connectivity index is 2.24. The molecule has 146 valence electrons. The summed E-state index contributed by atoms with van der Waals surface area (Å²) in [5, 5.41) is 0.365. The third kappa shape index (κ3) is 3.92. The van der Waals surface area contributed by atoms with Crippen molar-refractivity contribution in [3.63, 3.8) is 0 Å². The number of nitrogens with zero attached hydrogens (tertiary/aromatic N) is 1. The van der Waals surface area contributed by atoms with Crippen LogP contribution in [0.2, 0.25) is 5.02 Å². The molecule has 0 aliphatic carbocycles. The minimum absolute atomic E-state index is 0.0226. The second-order valence-electron chi connectivity index (χ2n) is 6.31. The molecule has 0 aliphatic rings. The first-order valence-electron chi connectivity index (χ1n) is 8.32. The predicted octanol–water partition coefficient (Wildman–Crippen LogP) is 4.54. The molecule has 0 aliphatic heterocycles. The molecule has 0 unspecified atom stereocenters. The van der Waals surface area contributed by atoms with Crippen LogP contribution in [-0.4, -0.2) is 16.8 Å². The lowest BCUT2D eigenvalue weighted by Crippen LogP contribution is -2.37. The van der Waals surface area contributed by atoms with E-state index in [4.69, 9.17) is 11.6 Å². The van der Waals surface area contributed by atoms with Crippen LogP contribution in [0.15, 0.2) is 82.6 Å². The van der Waals surface area contributed by atoms with Crippen molar-refractivity contribution in [1.82, 2.24) is 0 Å². The van der Waals surface area contributed by atoms with E-state index in [1.54, 1.807) is 24.3 Å². The lowest BCUT2D eigenvalue weighted by molar-refractivity contribution is 0.584. The van der Waals surface area contributed by atoms with Gasteiger partial charge in [0.1, 0.15) is 0 Å². The number of sulfonamides is 2. The molecule has 0 amide bonds. The third-order valence-corrected chi connectivity index (χ3v) is 8.57. The van der Waals surface area contributed by atoms with Gasteiger partial charge in [0.25, 0.3) is 20.0 Å².